The second-order valence-corrected chi connectivity index (χ2v) is 8.13. The number of hydrogen-bond donors (Lipinski definition) is 0. The maximum atomic E-state index is 12.9. The quantitative estimate of drug-likeness (QED) is 0.654. The number of pyridine rings is 1. The molecule has 0 spiro atoms. The minimum atomic E-state index is -4.60. The van der Waals surface area contributed by atoms with E-state index < -0.39 is 22.7 Å². The summed E-state index contributed by atoms with van der Waals surface area (Å²) in [7, 11) is 0.352. The number of nitrogens with zero attached hydrogens (tertiary/aromatic N) is 5. The Morgan fingerprint density at radius 2 is 1.93 bits per heavy atom. The number of hydrogen-bond acceptors (Lipinski definition) is 5. The van der Waals surface area contributed by atoms with Crippen LogP contribution in [-0.4, -0.2) is 40.2 Å². The normalized spacial score (nSPS) is 15.5. The lowest BCUT2D eigenvalue weighted by atomic mass is 10.2. The molecule has 4 rings (SSSR count). The fourth-order valence-electron chi connectivity index (χ4n) is 2.90. The number of imidazole rings is 1. The lowest BCUT2D eigenvalue weighted by Crippen LogP contribution is -2.09. The molecule has 1 aliphatic carbocycles. The Labute approximate surface area is 160 Å². The highest BCUT2D eigenvalue weighted by atomic mass is 32.2. The van der Waals surface area contributed by atoms with Gasteiger partial charge in [0.1, 0.15) is 11.2 Å². The Kier molecular flexibility index (Phi) is 5.24. The van der Waals surface area contributed by atoms with Crippen molar-refractivity contribution >= 4 is 22.0 Å². The maximum absolute atomic E-state index is 12.9. The highest BCUT2D eigenvalue weighted by Gasteiger charge is 2.34. The van der Waals surface area contributed by atoms with Crippen molar-refractivity contribution in [2.24, 2.45) is 7.05 Å². The standard InChI is InChI=1S/C17H16F3N5OS.H2O/c1-3-27(26)12-7-6-10(9-4-5-9)21-14(12)16-22-11-8-13(17(18,19)20)23-24-15(11)25(16)2;/h6-9H,3-5H2,1-2H3;1H2. The van der Waals surface area contributed by atoms with Gasteiger partial charge in [-0.25, -0.2) is 9.97 Å². The third kappa shape index (κ3) is 3.51. The Bertz CT molecular complexity index is 1060. The molecule has 0 bridgehead atoms. The summed E-state index contributed by atoms with van der Waals surface area (Å²) in [6, 6.07) is 4.52. The molecule has 0 aliphatic heterocycles. The number of rotatable bonds is 4. The van der Waals surface area contributed by atoms with E-state index in [4.69, 9.17) is 0 Å². The molecule has 1 unspecified atom stereocenters. The van der Waals surface area contributed by atoms with Crippen LogP contribution in [0, 0.1) is 0 Å². The van der Waals surface area contributed by atoms with E-state index in [-0.39, 0.29) is 16.6 Å². The van der Waals surface area contributed by atoms with E-state index in [1.165, 1.54) is 4.57 Å². The van der Waals surface area contributed by atoms with E-state index in [2.05, 4.69) is 20.2 Å². The zero-order valence-corrected chi connectivity index (χ0v) is 15.9. The van der Waals surface area contributed by atoms with Crippen LogP contribution in [0.15, 0.2) is 23.1 Å². The van der Waals surface area contributed by atoms with Crippen LogP contribution in [0.2, 0.25) is 0 Å². The van der Waals surface area contributed by atoms with Crippen LogP contribution in [-0.2, 0) is 24.0 Å². The summed E-state index contributed by atoms with van der Waals surface area (Å²) in [5.41, 5.74) is 0.493. The average Bonchev–Trinajstić information content (AvgIpc) is 3.44. The molecular formula is C17H18F3N5O2S. The van der Waals surface area contributed by atoms with Crippen molar-refractivity contribution in [3.05, 3.63) is 29.6 Å². The van der Waals surface area contributed by atoms with E-state index >= 15 is 0 Å². The molecule has 3 heterocycles. The summed E-state index contributed by atoms with van der Waals surface area (Å²) in [6.45, 7) is 1.80. The van der Waals surface area contributed by atoms with E-state index in [1.807, 2.05) is 6.07 Å². The predicted octanol–water partition coefficient (Wildman–Crippen LogP) is 2.62. The third-order valence-electron chi connectivity index (χ3n) is 4.50. The summed E-state index contributed by atoms with van der Waals surface area (Å²) >= 11 is 0. The van der Waals surface area contributed by atoms with Crippen molar-refractivity contribution in [1.29, 1.82) is 0 Å². The monoisotopic (exact) mass is 413 g/mol. The number of aryl methyl sites for hydroxylation is 1. The van der Waals surface area contributed by atoms with Gasteiger partial charge in [-0.15, -0.1) is 10.2 Å². The van der Waals surface area contributed by atoms with Crippen molar-refractivity contribution < 1.29 is 22.9 Å². The summed E-state index contributed by atoms with van der Waals surface area (Å²) in [6.07, 6.45) is -2.50. The first-order valence-electron chi connectivity index (χ1n) is 8.46. The molecule has 0 aromatic carbocycles. The van der Waals surface area contributed by atoms with E-state index in [1.54, 1.807) is 20.0 Å². The van der Waals surface area contributed by atoms with Gasteiger partial charge >= 0.3 is 6.18 Å². The van der Waals surface area contributed by atoms with Crippen LogP contribution in [0.5, 0.6) is 0 Å². The molecule has 28 heavy (non-hydrogen) atoms. The Morgan fingerprint density at radius 1 is 1.21 bits per heavy atom. The topological polar surface area (TPSA) is 105 Å². The first kappa shape index (κ1) is 20.3. The minimum Gasteiger partial charge on any atom is -0.412 e. The molecule has 1 aliphatic rings. The summed E-state index contributed by atoms with van der Waals surface area (Å²) in [5.74, 6) is 1.11. The Hall–Kier alpha value is -2.40. The zero-order valence-electron chi connectivity index (χ0n) is 15.1. The fraction of sp³-hybridized carbons (Fsp3) is 0.412. The SMILES string of the molecule is CCS(=O)c1ccc(C2CC2)nc1-c1nc2cc(C(F)(F)F)nnc2n1C.O. The molecule has 1 atom stereocenters. The van der Waals surface area contributed by atoms with Gasteiger partial charge < -0.3 is 10.0 Å². The van der Waals surface area contributed by atoms with Gasteiger partial charge in [-0.2, -0.15) is 13.2 Å². The van der Waals surface area contributed by atoms with Crippen LogP contribution in [0.3, 0.4) is 0 Å². The number of fused-ring (bicyclic) bond motifs is 1. The number of halogens is 3. The van der Waals surface area contributed by atoms with E-state index in [0.29, 0.717) is 28.1 Å². The highest BCUT2D eigenvalue weighted by molar-refractivity contribution is 7.85. The van der Waals surface area contributed by atoms with Crippen LogP contribution in [0.4, 0.5) is 13.2 Å². The summed E-state index contributed by atoms with van der Waals surface area (Å²) in [5, 5.41) is 6.94. The lowest BCUT2D eigenvalue weighted by molar-refractivity contribution is -0.141. The van der Waals surface area contributed by atoms with Gasteiger partial charge in [0.05, 0.1) is 15.7 Å². The minimum absolute atomic E-state index is 0. The largest absolute Gasteiger partial charge is 0.435 e. The second-order valence-electron chi connectivity index (χ2n) is 6.42. The van der Waals surface area contributed by atoms with Crippen molar-refractivity contribution in [2.45, 2.75) is 36.8 Å². The molecule has 2 N–H and O–H groups in total. The summed E-state index contributed by atoms with van der Waals surface area (Å²) < 4.78 is 52.8. The fourth-order valence-corrected chi connectivity index (χ4v) is 3.79. The molecule has 0 radical (unpaired) electrons. The smallest absolute Gasteiger partial charge is 0.412 e. The van der Waals surface area contributed by atoms with Crippen molar-refractivity contribution in [3.63, 3.8) is 0 Å². The van der Waals surface area contributed by atoms with Crippen LogP contribution in [0.1, 0.15) is 37.1 Å². The van der Waals surface area contributed by atoms with Crippen molar-refractivity contribution in [3.8, 4) is 11.5 Å². The first-order chi connectivity index (χ1) is 12.8. The van der Waals surface area contributed by atoms with Gasteiger partial charge in [0.15, 0.2) is 17.2 Å². The predicted molar refractivity (Wildman–Crippen MR) is 97.1 cm³/mol. The maximum Gasteiger partial charge on any atom is 0.435 e. The van der Waals surface area contributed by atoms with Crippen LogP contribution < -0.4 is 0 Å². The van der Waals surface area contributed by atoms with E-state index in [0.717, 1.165) is 24.6 Å². The number of alkyl halides is 3. The molecule has 3 aromatic heterocycles. The van der Waals surface area contributed by atoms with Crippen molar-refractivity contribution in [1.82, 2.24) is 24.7 Å². The van der Waals surface area contributed by atoms with Gasteiger partial charge in [-0.1, -0.05) is 6.92 Å². The molecule has 0 amide bonds. The third-order valence-corrected chi connectivity index (χ3v) is 5.85. The zero-order chi connectivity index (χ0) is 19.3. The first-order valence-corrected chi connectivity index (χ1v) is 9.78. The van der Waals surface area contributed by atoms with Crippen LogP contribution in [0.25, 0.3) is 22.7 Å². The Balaban J connectivity index is 0.00000225. The van der Waals surface area contributed by atoms with Gasteiger partial charge in [-0.05, 0) is 25.0 Å². The highest BCUT2D eigenvalue weighted by Crippen LogP contribution is 2.40. The summed E-state index contributed by atoms with van der Waals surface area (Å²) in [4.78, 5) is 9.49. The average molecular weight is 413 g/mol. The molecule has 0 saturated heterocycles. The van der Waals surface area contributed by atoms with Gasteiger partial charge in [0, 0.05) is 30.5 Å². The molecule has 11 heteroatoms. The van der Waals surface area contributed by atoms with Gasteiger partial charge in [0.25, 0.3) is 0 Å². The van der Waals surface area contributed by atoms with Crippen LogP contribution >= 0.6 is 0 Å². The number of aromatic nitrogens is 5. The van der Waals surface area contributed by atoms with E-state index in [9.17, 15) is 17.4 Å². The molecule has 3 aromatic rings. The molecule has 7 nitrogen and oxygen atoms in total. The Morgan fingerprint density at radius 3 is 2.54 bits per heavy atom. The lowest BCUT2D eigenvalue weighted by Gasteiger charge is -2.09. The molecule has 150 valence electrons. The van der Waals surface area contributed by atoms with Gasteiger partial charge in [0.2, 0.25) is 0 Å². The molecule has 1 saturated carbocycles. The van der Waals surface area contributed by atoms with Crippen molar-refractivity contribution in [2.75, 3.05) is 5.75 Å². The second kappa shape index (κ2) is 7.21. The van der Waals surface area contributed by atoms with Gasteiger partial charge in [-0.3, -0.25) is 4.21 Å². The molecule has 1 fully saturated rings. The molecular weight excluding hydrogens is 395 g/mol.